The highest BCUT2D eigenvalue weighted by atomic mass is 35.5. The molecule has 2 unspecified atom stereocenters. The smallest absolute Gasteiger partial charge is 0.241 e. The van der Waals surface area contributed by atoms with E-state index in [0.29, 0.717) is 11.1 Å². The highest BCUT2D eigenvalue weighted by Crippen LogP contribution is 2.20. The Morgan fingerprint density at radius 1 is 1.52 bits per heavy atom. The number of hydrogen-bond donors (Lipinski definition) is 2. The lowest BCUT2D eigenvalue weighted by Crippen LogP contribution is -2.51. The fourth-order valence-electron chi connectivity index (χ4n) is 2.59. The third-order valence-electron chi connectivity index (χ3n) is 3.97. The number of carbonyl (C=O) groups excluding carboxylic acids is 1. The number of benzene rings is 1. The van der Waals surface area contributed by atoms with Crippen LogP contribution in [-0.2, 0) is 4.79 Å². The van der Waals surface area contributed by atoms with Gasteiger partial charge in [-0.05, 0) is 51.6 Å². The summed E-state index contributed by atoms with van der Waals surface area (Å²) in [5.74, 6) is -0.695. The van der Waals surface area contributed by atoms with Crippen molar-refractivity contribution < 1.29 is 9.18 Å². The Kier molecular flexibility index (Phi) is 5.56. The predicted molar refractivity (Wildman–Crippen MR) is 83.2 cm³/mol. The van der Waals surface area contributed by atoms with E-state index in [1.54, 1.807) is 0 Å². The van der Waals surface area contributed by atoms with Crippen molar-refractivity contribution in [1.29, 1.82) is 0 Å². The van der Waals surface area contributed by atoms with E-state index in [-0.39, 0.29) is 17.6 Å². The van der Waals surface area contributed by atoms with Crippen LogP contribution in [0.25, 0.3) is 0 Å². The lowest BCUT2D eigenvalue weighted by atomic mass is 10.0. The van der Waals surface area contributed by atoms with Gasteiger partial charge in [-0.25, -0.2) is 4.39 Å². The van der Waals surface area contributed by atoms with E-state index in [4.69, 9.17) is 11.6 Å². The molecular formula is C15H21ClFN3O. The van der Waals surface area contributed by atoms with Crippen LogP contribution in [-0.4, -0.2) is 43.0 Å². The van der Waals surface area contributed by atoms with Crippen LogP contribution < -0.4 is 10.6 Å². The standard InChI is InChI=1S/C15H21ClFN3O/c1-10(20-7-3-4-12(9-20)18-2)15(21)19-14-8-11(16)5-6-13(14)17/h5-6,8,10,12,18H,3-4,7,9H2,1-2H3,(H,19,21). The predicted octanol–water partition coefficient (Wildman–Crippen LogP) is 2.49. The molecule has 0 radical (unpaired) electrons. The molecule has 0 saturated carbocycles. The molecule has 1 aromatic rings. The maximum atomic E-state index is 13.7. The second-order valence-corrected chi connectivity index (χ2v) is 5.85. The van der Waals surface area contributed by atoms with Gasteiger partial charge in [0.1, 0.15) is 5.82 Å². The van der Waals surface area contributed by atoms with E-state index in [1.165, 1.54) is 18.2 Å². The van der Waals surface area contributed by atoms with E-state index in [1.807, 2.05) is 14.0 Å². The van der Waals surface area contributed by atoms with Gasteiger partial charge in [0, 0.05) is 17.6 Å². The van der Waals surface area contributed by atoms with Crippen LogP contribution in [0.15, 0.2) is 18.2 Å². The minimum atomic E-state index is -0.480. The summed E-state index contributed by atoms with van der Waals surface area (Å²) in [7, 11) is 1.93. The molecule has 6 heteroatoms. The Morgan fingerprint density at radius 2 is 2.29 bits per heavy atom. The third-order valence-corrected chi connectivity index (χ3v) is 4.21. The second kappa shape index (κ2) is 7.20. The molecule has 1 aromatic carbocycles. The molecule has 0 spiro atoms. The Bertz CT molecular complexity index is 512. The second-order valence-electron chi connectivity index (χ2n) is 5.41. The first-order chi connectivity index (χ1) is 10.0. The zero-order chi connectivity index (χ0) is 15.4. The molecule has 4 nitrogen and oxygen atoms in total. The Balaban J connectivity index is 2.00. The van der Waals surface area contributed by atoms with Crippen LogP contribution in [0.1, 0.15) is 19.8 Å². The van der Waals surface area contributed by atoms with Crippen molar-refractivity contribution in [3.05, 3.63) is 29.0 Å². The van der Waals surface area contributed by atoms with Gasteiger partial charge in [0.05, 0.1) is 11.7 Å². The molecule has 1 amide bonds. The van der Waals surface area contributed by atoms with Crippen molar-refractivity contribution in [3.63, 3.8) is 0 Å². The molecule has 0 aromatic heterocycles. The lowest BCUT2D eigenvalue weighted by Gasteiger charge is -2.35. The highest BCUT2D eigenvalue weighted by Gasteiger charge is 2.27. The van der Waals surface area contributed by atoms with Gasteiger partial charge in [0.2, 0.25) is 5.91 Å². The molecule has 1 fully saturated rings. The first-order valence-electron chi connectivity index (χ1n) is 7.18. The third kappa shape index (κ3) is 4.15. The number of hydrogen-bond acceptors (Lipinski definition) is 3. The number of anilines is 1. The number of carbonyl (C=O) groups is 1. The summed E-state index contributed by atoms with van der Waals surface area (Å²) < 4.78 is 13.7. The fourth-order valence-corrected chi connectivity index (χ4v) is 2.76. The van der Waals surface area contributed by atoms with Crippen molar-refractivity contribution in [3.8, 4) is 0 Å². The number of rotatable bonds is 4. The van der Waals surface area contributed by atoms with E-state index in [0.717, 1.165) is 25.9 Å². The normalized spacial score (nSPS) is 21.0. The number of likely N-dealkylation sites (tertiary alicyclic amines) is 1. The zero-order valence-electron chi connectivity index (χ0n) is 12.3. The average molecular weight is 314 g/mol. The van der Waals surface area contributed by atoms with Gasteiger partial charge in [-0.3, -0.25) is 9.69 Å². The molecular weight excluding hydrogens is 293 g/mol. The van der Waals surface area contributed by atoms with Crippen LogP contribution in [0.3, 0.4) is 0 Å². The molecule has 1 saturated heterocycles. The summed E-state index contributed by atoms with van der Waals surface area (Å²) in [6, 6.07) is 4.23. The summed E-state index contributed by atoms with van der Waals surface area (Å²) in [4.78, 5) is 14.4. The number of likely N-dealkylation sites (N-methyl/N-ethyl adjacent to an activating group) is 1. The maximum Gasteiger partial charge on any atom is 0.241 e. The fraction of sp³-hybridized carbons (Fsp3) is 0.533. The molecule has 0 bridgehead atoms. The van der Waals surface area contributed by atoms with Crippen molar-refractivity contribution in [2.75, 3.05) is 25.5 Å². The minimum Gasteiger partial charge on any atom is -0.322 e. The Labute approximate surface area is 129 Å². The van der Waals surface area contributed by atoms with Crippen molar-refractivity contribution in [1.82, 2.24) is 10.2 Å². The number of nitrogens with one attached hydrogen (secondary N) is 2. The van der Waals surface area contributed by atoms with E-state index in [9.17, 15) is 9.18 Å². The van der Waals surface area contributed by atoms with Gasteiger partial charge in [0.15, 0.2) is 0 Å². The quantitative estimate of drug-likeness (QED) is 0.897. The van der Waals surface area contributed by atoms with Crippen LogP contribution in [0.2, 0.25) is 5.02 Å². The van der Waals surface area contributed by atoms with Gasteiger partial charge in [-0.2, -0.15) is 0 Å². The monoisotopic (exact) mass is 313 g/mol. The minimum absolute atomic E-state index is 0.126. The zero-order valence-corrected chi connectivity index (χ0v) is 13.1. The summed E-state index contributed by atoms with van der Waals surface area (Å²) >= 11 is 5.83. The van der Waals surface area contributed by atoms with Gasteiger partial charge < -0.3 is 10.6 Å². The largest absolute Gasteiger partial charge is 0.322 e. The summed E-state index contributed by atoms with van der Waals surface area (Å²) in [5.41, 5.74) is 0.126. The Morgan fingerprint density at radius 3 is 3.00 bits per heavy atom. The summed E-state index contributed by atoms with van der Waals surface area (Å²) in [6.07, 6.45) is 2.17. The van der Waals surface area contributed by atoms with Gasteiger partial charge in [0.25, 0.3) is 0 Å². The lowest BCUT2D eigenvalue weighted by molar-refractivity contribution is -0.121. The molecule has 1 aliphatic rings. The molecule has 2 N–H and O–H groups in total. The molecule has 2 atom stereocenters. The van der Waals surface area contributed by atoms with Crippen molar-refractivity contribution in [2.45, 2.75) is 31.8 Å². The summed E-state index contributed by atoms with van der Waals surface area (Å²) in [5, 5.41) is 6.26. The van der Waals surface area contributed by atoms with Crippen molar-refractivity contribution in [2.24, 2.45) is 0 Å². The van der Waals surface area contributed by atoms with Crippen LogP contribution in [0.4, 0.5) is 10.1 Å². The summed E-state index contributed by atoms with van der Waals surface area (Å²) in [6.45, 7) is 3.55. The van der Waals surface area contributed by atoms with Crippen molar-refractivity contribution >= 4 is 23.2 Å². The van der Waals surface area contributed by atoms with Crippen LogP contribution in [0, 0.1) is 5.82 Å². The van der Waals surface area contributed by atoms with Gasteiger partial charge in [-0.1, -0.05) is 11.6 Å². The van der Waals surface area contributed by atoms with Gasteiger partial charge in [-0.15, -0.1) is 0 Å². The Hall–Kier alpha value is -1.17. The van der Waals surface area contributed by atoms with E-state index >= 15 is 0 Å². The maximum absolute atomic E-state index is 13.7. The molecule has 116 valence electrons. The van der Waals surface area contributed by atoms with Crippen LogP contribution in [0.5, 0.6) is 0 Å². The van der Waals surface area contributed by atoms with E-state index < -0.39 is 5.82 Å². The SMILES string of the molecule is CNC1CCCN(C(C)C(=O)Nc2cc(Cl)ccc2F)C1. The average Bonchev–Trinajstić information content (AvgIpc) is 2.50. The molecule has 0 aliphatic carbocycles. The first kappa shape index (κ1) is 16.2. The topological polar surface area (TPSA) is 44.4 Å². The van der Waals surface area contributed by atoms with Gasteiger partial charge >= 0.3 is 0 Å². The number of nitrogens with zero attached hydrogens (tertiary/aromatic N) is 1. The number of amides is 1. The molecule has 1 aliphatic heterocycles. The highest BCUT2D eigenvalue weighted by molar-refractivity contribution is 6.30. The number of halogens is 2. The number of piperidine rings is 1. The first-order valence-corrected chi connectivity index (χ1v) is 7.56. The van der Waals surface area contributed by atoms with Crippen LogP contribution >= 0.6 is 11.6 Å². The molecule has 2 rings (SSSR count). The molecule has 1 heterocycles. The molecule has 21 heavy (non-hydrogen) atoms. The van der Waals surface area contributed by atoms with E-state index in [2.05, 4.69) is 15.5 Å².